The van der Waals surface area contributed by atoms with E-state index in [1.807, 2.05) is 19.1 Å². The zero-order chi connectivity index (χ0) is 10.2. The standard InChI is InChI=1S/C11H14N2O/c1-11(6-7-11)10(14)13-9-4-2-8(12)3-5-9/h2-5H,6-7,12H2,1H3,(H,13,14). The van der Waals surface area contributed by atoms with Gasteiger partial charge in [0, 0.05) is 16.8 Å². The van der Waals surface area contributed by atoms with Crippen LogP contribution in [-0.2, 0) is 4.79 Å². The molecule has 0 saturated heterocycles. The van der Waals surface area contributed by atoms with Crippen LogP contribution in [0.25, 0.3) is 0 Å². The quantitative estimate of drug-likeness (QED) is 0.701. The minimum atomic E-state index is -0.124. The Morgan fingerprint density at radius 2 is 1.93 bits per heavy atom. The molecule has 1 fully saturated rings. The van der Waals surface area contributed by atoms with Crippen LogP contribution in [0.3, 0.4) is 0 Å². The number of benzene rings is 1. The maximum absolute atomic E-state index is 11.6. The Morgan fingerprint density at radius 3 is 2.43 bits per heavy atom. The number of hydrogen-bond acceptors (Lipinski definition) is 2. The number of anilines is 2. The Balaban J connectivity index is 2.04. The predicted molar refractivity (Wildman–Crippen MR) is 56.8 cm³/mol. The van der Waals surface area contributed by atoms with Crippen molar-refractivity contribution in [1.29, 1.82) is 0 Å². The van der Waals surface area contributed by atoms with E-state index in [2.05, 4.69) is 5.32 Å². The van der Waals surface area contributed by atoms with E-state index >= 15 is 0 Å². The monoisotopic (exact) mass is 190 g/mol. The summed E-state index contributed by atoms with van der Waals surface area (Å²) < 4.78 is 0. The van der Waals surface area contributed by atoms with Crippen molar-refractivity contribution in [3.63, 3.8) is 0 Å². The predicted octanol–water partition coefficient (Wildman–Crippen LogP) is 2.01. The molecule has 0 bridgehead atoms. The molecule has 0 heterocycles. The average molecular weight is 190 g/mol. The molecular formula is C11H14N2O. The van der Waals surface area contributed by atoms with Crippen molar-refractivity contribution >= 4 is 17.3 Å². The van der Waals surface area contributed by atoms with Gasteiger partial charge in [-0.1, -0.05) is 6.92 Å². The fourth-order valence-corrected chi connectivity index (χ4v) is 1.26. The summed E-state index contributed by atoms with van der Waals surface area (Å²) in [4.78, 5) is 11.6. The van der Waals surface area contributed by atoms with Crippen molar-refractivity contribution in [1.82, 2.24) is 0 Å². The Morgan fingerprint density at radius 1 is 1.36 bits per heavy atom. The summed E-state index contributed by atoms with van der Waals surface area (Å²) in [7, 11) is 0. The zero-order valence-corrected chi connectivity index (χ0v) is 8.21. The highest BCUT2D eigenvalue weighted by molar-refractivity contribution is 5.96. The second-order valence-electron chi connectivity index (χ2n) is 4.14. The van der Waals surface area contributed by atoms with Crippen molar-refractivity contribution in [2.24, 2.45) is 5.41 Å². The Labute approximate surface area is 83.3 Å². The highest BCUT2D eigenvalue weighted by atomic mass is 16.2. The second kappa shape index (κ2) is 3.01. The van der Waals surface area contributed by atoms with Gasteiger partial charge < -0.3 is 11.1 Å². The van der Waals surface area contributed by atoms with E-state index in [-0.39, 0.29) is 11.3 Å². The molecule has 0 atom stereocenters. The number of carbonyl (C=O) groups excluding carboxylic acids is 1. The van der Waals surface area contributed by atoms with Crippen LogP contribution in [0.4, 0.5) is 11.4 Å². The Kier molecular flexibility index (Phi) is 1.95. The van der Waals surface area contributed by atoms with Crippen molar-refractivity contribution in [2.75, 3.05) is 11.1 Å². The lowest BCUT2D eigenvalue weighted by Gasteiger charge is -2.09. The van der Waals surface area contributed by atoms with E-state index in [0.717, 1.165) is 18.5 Å². The van der Waals surface area contributed by atoms with Gasteiger partial charge in [0.2, 0.25) is 5.91 Å². The number of nitrogens with two attached hydrogens (primary N) is 1. The largest absolute Gasteiger partial charge is 0.399 e. The van der Waals surface area contributed by atoms with Gasteiger partial charge in [0.1, 0.15) is 0 Å². The molecule has 1 aromatic carbocycles. The van der Waals surface area contributed by atoms with Crippen LogP contribution in [-0.4, -0.2) is 5.91 Å². The normalized spacial score (nSPS) is 17.5. The van der Waals surface area contributed by atoms with Crippen molar-refractivity contribution < 1.29 is 4.79 Å². The molecule has 1 aromatic rings. The minimum absolute atomic E-state index is 0.113. The first-order valence-electron chi connectivity index (χ1n) is 4.77. The van der Waals surface area contributed by atoms with Crippen molar-refractivity contribution in [2.45, 2.75) is 19.8 Å². The molecule has 0 radical (unpaired) electrons. The molecule has 74 valence electrons. The fraction of sp³-hybridized carbons (Fsp3) is 0.364. The van der Waals surface area contributed by atoms with Crippen LogP contribution in [0.5, 0.6) is 0 Å². The molecule has 3 nitrogen and oxygen atoms in total. The number of rotatable bonds is 2. The van der Waals surface area contributed by atoms with Gasteiger partial charge in [-0.15, -0.1) is 0 Å². The third-order valence-corrected chi connectivity index (χ3v) is 2.72. The highest BCUT2D eigenvalue weighted by Gasteiger charge is 2.44. The van der Waals surface area contributed by atoms with E-state index in [0.29, 0.717) is 5.69 Å². The molecule has 0 aliphatic heterocycles. The van der Waals surface area contributed by atoms with E-state index in [9.17, 15) is 4.79 Å². The molecule has 1 aliphatic rings. The Bertz CT molecular complexity index is 352. The third kappa shape index (κ3) is 1.71. The van der Waals surface area contributed by atoms with Gasteiger partial charge in [0.25, 0.3) is 0 Å². The van der Waals surface area contributed by atoms with Gasteiger partial charge in [-0.25, -0.2) is 0 Å². The molecule has 2 rings (SSSR count). The van der Waals surface area contributed by atoms with Gasteiger partial charge in [0.15, 0.2) is 0 Å². The van der Waals surface area contributed by atoms with Gasteiger partial charge in [-0.05, 0) is 37.1 Å². The lowest BCUT2D eigenvalue weighted by atomic mass is 10.1. The summed E-state index contributed by atoms with van der Waals surface area (Å²) in [5.41, 5.74) is 6.95. The summed E-state index contributed by atoms with van der Waals surface area (Å²) in [6.07, 6.45) is 1.99. The molecule has 3 heteroatoms. The molecule has 0 spiro atoms. The maximum Gasteiger partial charge on any atom is 0.230 e. The summed E-state index contributed by atoms with van der Waals surface area (Å²) in [5, 5.41) is 2.88. The van der Waals surface area contributed by atoms with Crippen molar-refractivity contribution in [3.05, 3.63) is 24.3 Å². The topological polar surface area (TPSA) is 55.1 Å². The lowest BCUT2D eigenvalue weighted by Crippen LogP contribution is -2.21. The van der Waals surface area contributed by atoms with E-state index in [1.54, 1.807) is 12.1 Å². The number of nitrogens with one attached hydrogen (secondary N) is 1. The highest BCUT2D eigenvalue weighted by Crippen LogP contribution is 2.45. The maximum atomic E-state index is 11.6. The SMILES string of the molecule is CC1(C(=O)Nc2ccc(N)cc2)CC1. The first-order chi connectivity index (χ1) is 6.60. The van der Waals surface area contributed by atoms with Crippen LogP contribution >= 0.6 is 0 Å². The summed E-state index contributed by atoms with van der Waals surface area (Å²) >= 11 is 0. The van der Waals surface area contributed by atoms with Crippen LogP contribution < -0.4 is 11.1 Å². The second-order valence-corrected chi connectivity index (χ2v) is 4.14. The Hall–Kier alpha value is -1.51. The number of carbonyl (C=O) groups is 1. The average Bonchev–Trinajstić information content (AvgIpc) is 2.89. The van der Waals surface area contributed by atoms with Crippen LogP contribution in [0.1, 0.15) is 19.8 Å². The molecule has 1 amide bonds. The fourth-order valence-electron chi connectivity index (χ4n) is 1.26. The molecule has 3 N–H and O–H groups in total. The van der Waals surface area contributed by atoms with Crippen LogP contribution in [0.15, 0.2) is 24.3 Å². The van der Waals surface area contributed by atoms with Crippen molar-refractivity contribution in [3.8, 4) is 0 Å². The van der Waals surface area contributed by atoms with Gasteiger partial charge >= 0.3 is 0 Å². The van der Waals surface area contributed by atoms with Crippen LogP contribution in [0.2, 0.25) is 0 Å². The molecular weight excluding hydrogens is 176 g/mol. The molecule has 1 aliphatic carbocycles. The number of amides is 1. The lowest BCUT2D eigenvalue weighted by molar-refractivity contribution is -0.120. The van der Waals surface area contributed by atoms with E-state index in [1.165, 1.54) is 0 Å². The molecule has 1 saturated carbocycles. The number of hydrogen-bond donors (Lipinski definition) is 2. The van der Waals surface area contributed by atoms with Crippen LogP contribution in [0, 0.1) is 5.41 Å². The minimum Gasteiger partial charge on any atom is -0.399 e. The third-order valence-electron chi connectivity index (χ3n) is 2.72. The van der Waals surface area contributed by atoms with Gasteiger partial charge in [0.05, 0.1) is 0 Å². The summed E-state index contributed by atoms with van der Waals surface area (Å²) in [6, 6.07) is 7.20. The molecule has 0 aromatic heterocycles. The first-order valence-corrected chi connectivity index (χ1v) is 4.77. The smallest absolute Gasteiger partial charge is 0.230 e. The van der Waals surface area contributed by atoms with E-state index < -0.39 is 0 Å². The zero-order valence-electron chi connectivity index (χ0n) is 8.21. The van der Waals surface area contributed by atoms with Gasteiger partial charge in [-0.2, -0.15) is 0 Å². The van der Waals surface area contributed by atoms with E-state index in [4.69, 9.17) is 5.73 Å². The first kappa shape index (κ1) is 9.06. The molecule has 14 heavy (non-hydrogen) atoms. The van der Waals surface area contributed by atoms with Gasteiger partial charge in [-0.3, -0.25) is 4.79 Å². The molecule has 0 unspecified atom stereocenters. The summed E-state index contributed by atoms with van der Waals surface area (Å²) in [6.45, 7) is 1.99. The number of nitrogen functional groups attached to an aromatic ring is 1. The summed E-state index contributed by atoms with van der Waals surface area (Å²) in [5.74, 6) is 0.113.